The molecule has 70 valence electrons. The number of nitrogens with zero attached hydrogens (tertiary/aromatic N) is 2. The van der Waals surface area contributed by atoms with Crippen LogP contribution in [0, 0.1) is 0 Å². The Balaban J connectivity index is 2.34. The van der Waals surface area contributed by atoms with Gasteiger partial charge < -0.3 is 0 Å². The van der Waals surface area contributed by atoms with Gasteiger partial charge in [0.2, 0.25) is 0 Å². The maximum atomic E-state index is 4.43. The van der Waals surface area contributed by atoms with E-state index in [0.717, 1.165) is 11.0 Å². The number of hydrogen-bond acceptors (Lipinski definition) is 2. The van der Waals surface area contributed by atoms with Crippen molar-refractivity contribution in [1.29, 1.82) is 0 Å². The molecule has 1 aliphatic carbocycles. The van der Waals surface area contributed by atoms with Crippen LogP contribution in [0.25, 0.3) is 11.0 Å². The minimum absolute atomic E-state index is 1.04. The van der Waals surface area contributed by atoms with E-state index in [2.05, 4.69) is 22.1 Å². The first-order valence-corrected chi connectivity index (χ1v) is 5.16. The molecular formula is C12H12N2. The SMILES string of the molecule is c1cnc2c3c(ccc2n1)CCCC3. The van der Waals surface area contributed by atoms with Crippen molar-refractivity contribution in [2.45, 2.75) is 25.7 Å². The molecule has 0 unspecified atom stereocenters. The molecule has 2 heteroatoms. The van der Waals surface area contributed by atoms with Gasteiger partial charge in [-0.05, 0) is 42.9 Å². The highest BCUT2D eigenvalue weighted by Gasteiger charge is 2.12. The summed E-state index contributed by atoms with van der Waals surface area (Å²) in [5, 5.41) is 0. The van der Waals surface area contributed by atoms with Gasteiger partial charge in [0.25, 0.3) is 0 Å². The molecule has 2 nitrogen and oxygen atoms in total. The molecule has 2 aromatic rings. The van der Waals surface area contributed by atoms with E-state index in [-0.39, 0.29) is 0 Å². The summed E-state index contributed by atoms with van der Waals surface area (Å²) < 4.78 is 0. The summed E-state index contributed by atoms with van der Waals surface area (Å²) in [5.74, 6) is 0. The smallest absolute Gasteiger partial charge is 0.0921 e. The first kappa shape index (κ1) is 7.92. The lowest BCUT2D eigenvalue weighted by Crippen LogP contribution is -2.04. The number of rotatable bonds is 0. The maximum Gasteiger partial charge on any atom is 0.0921 e. The normalized spacial score (nSPS) is 15.4. The van der Waals surface area contributed by atoms with Crippen LogP contribution in [0.3, 0.4) is 0 Å². The first-order chi connectivity index (χ1) is 6.95. The second kappa shape index (κ2) is 3.05. The number of hydrogen-bond donors (Lipinski definition) is 0. The Kier molecular flexibility index (Phi) is 1.72. The molecule has 14 heavy (non-hydrogen) atoms. The largest absolute Gasteiger partial charge is 0.253 e. The monoisotopic (exact) mass is 184 g/mol. The van der Waals surface area contributed by atoms with Crippen LogP contribution in [0.2, 0.25) is 0 Å². The van der Waals surface area contributed by atoms with Gasteiger partial charge in [0.15, 0.2) is 0 Å². The van der Waals surface area contributed by atoms with Gasteiger partial charge in [-0.3, -0.25) is 9.97 Å². The fourth-order valence-electron chi connectivity index (χ4n) is 2.27. The third-order valence-corrected chi connectivity index (χ3v) is 2.97. The van der Waals surface area contributed by atoms with E-state index in [1.54, 1.807) is 12.4 Å². The molecule has 1 aromatic heterocycles. The van der Waals surface area contributed by atoms with Crippen molar-refractivity contribution < 1.29 is 0 Å². The number of benzene rings is 1. The predicted molar refractivity (Wildman–Crippen MR) is 56.2 cm³/mol. The fraction of sp³-hybridized carbons (Fsp3) is 0.333. The zero-order valence-corrected chi connectivity index (χ0v) is 8.03. The first-order valence-electron chi connectivity index (χ1n) is 5.16. The molecule has 0 bridgehead atoms. The zero-order valence-electron chi connectivity index (χ0n) is 8.03. The Bertz CT molecular complexity index is 477. The van der Waals surface area contributed by atoms with Gasteiger partial charge in [-0.25, -0.2) is 0 Å². The third kappa shape index (κ3) is 1.10. The van der Waals surface area contributed by atoms with E-state index in [1.165, 1.54) is 36.8 Å². The summed E-state index contributed by atoms with van der Waals surface area (Å²) in [6.45, 7) is 0. The van der Waals surface area contributed by atoms with Gasteiger partial charge in [0.1, 0.15) is 0 Å². The van der Waals surface area contributed by atoms with Crippen LogP contribution < -0.4 is 0 Å². The lowest BCUT2D eigenvalue weighted by molar-refractivity contribution is 0.688. The maximum absolute atomic E-state index is 4.43. The second-order valence-electron chi connectivity index (χ2n) is 3.83. The predicted octanol–water partition coefficient (Wildman–Crippen LogP) is 2.51. The molecule has 0 radical (unpaired) electrons. The highest BCUT2D eigenvalue weighted by molar-refractivity contribution is 5.79. The van der Waals surface area contributed by atoms with Crippen LogP contribution in [-0.4, -0.2) is 9.97 Å². The minimum Gasteiger partial charge on any atom is -0.253 e. The Morgan fingerprint density at radius 1 is 0.929 bits per heavy atom. The van der Waals surface area contributed by atoms with Gasteiger partial charge in [-0.15, -0.1) is 0 Å². The zero-order chi connectivity index (χ0) is 9.38. The highest BCUT2D eigenvalue weighted by Crippen LogP contribution is 2.26. The molecule has 0 atom stereocenters. The Morgan fingerprint density at radius 3 is 2.79 bits per heavy atom. The van der Waals surface area contributed by atoms with Crippen LogP contribution in [0.15, 0.2) is 24.5 Å². The molecule has 3 rings (SSSR count). The Labute approximate surface area is 83.0 Å². The van der Waals surface area contributed by atoms with Crippen LogP contribution >= 0.6 is 0 Å². The van der Waals surface area contributed by atoms with E-state index >= 15 is 0 Å². The van der Waals surface area contributed by atoms with Crippen molar-refractivity contribution in [2.24, 2.45) is 0 Å². The van der Waals surface area contributed by atoms with Crippen LogP contribution in [-0.2, 0) is 12.8 Å². The minimum atomic E-state index is 1.04. The topological polar surface area (TPSA) is 25.8 Å². The Hall–Kier alpha value is -1.44. The highest BCUT2D eigenvalue weighted by atomic mass is 14.8. The Morgan fingerprint density at radius 2 is 1.79 bits per heavy atom. The van der Waals surface area contributed by atoms with E-state index in [1.807, 2.05) is 0 Å². The van der Waals surface area contributed by atoms with Crippen molar-refractivity contribution in [2.75, 3.05) is 0 Å². The van der Waals surface area contributed by atoms with Crippen molar-refractivity contribution in [3.05, 3.63) is 35.7 Å². The molecule has 0 saturated heterocycles. The second-order valence-corrected chi connectivity index (χ2v) is 3.83. The molecule has 0 fully saturated rings. The van der Waals surface area contributed by atoms with Gasteiger partial charge in [-0.1, -0.05) is 6.07 Å². The number of aromatic nitrogens is 2. The van der Waals surface area contributed by atoms with E-state index < -0.39 is 0 Å². The van der Waals surface area contributed by atoms with E-state index in [9.17, 15) is 0 Å². The summed E-state index contributed by atoms with van der Waals surface area (Å²) in [6, 6.07) is 4.30. The molecular weight excluding hydrogens is 172 g/mol. The molecule has 0 amide bonds. The summed E-state index contributed by atoms with van der Waals surface area (Å²) in [4.78, 5) is 8.76. The molecule has 1 aliphatic rings. The van der Waals surface area contributed by atoms with Crippen LogP contribution in [0.5, 0.6) is 0 Å². The van der Waals surface area contributed by atoms with Crippen molar-refractivity contribution >= 4 is 11.0 Å². The average Bonchev–Trinajstić information content (AvgIpc) is 2.29. The van der Waals surface area contributed by atoms with Gasteiger partial charge in [-0.2, -0.15) is 0 Å². The van der Waals surface area contributed by atoms with Gasteiger partial charge >= 0.3 is 0 Å². The van der Waals surface area contributed by atoms with Gasteiger partial charge in [0.05, 0.1) is 11.0 Å². The number of aryl methyl sites for hydroxylation is 2. The van der Waals surface area contributed by atoms with Crippen LogP contribution in [0.1, 0.15) is 24.0 Å². The fourth-order valence-corrected chi connectivity index (χ4v) is 2.27. The molecule has 1 aromatic carbocycles. The van der Waals surface area contributed by atoms with Crippen molar-refractivity contribution in [3.63, 3.8) is 0 Å². The standard InChI is InChI=1S/C12H12N2/c1-2-4-10-9(3-1)5-6-11-12(10)14-8-7-13-11/h5-8H,1-4H2. The lowest BCUT2D eigenvalue weighted by Gasteiger charge is -2.16. The molecule has 1 heterocycles. The molecule has 0 saturated carbocycles. The van der Waals surface area contributed by atoms with Crippen molar-refractivity contribution in [3.8, 4) is 0 Å². The summed E-state index contributed by atoms with van der Waals surface area (Å²) in [6.07, 6.45) is 8.55. The quantitative estimate of drug-likeness (QED) is 0.628. The average molecular weight is 184 g/mol. The van der Waals surface area contributed by atoms with E-state index in [0.29, 0.717) is 0 Å². The van der Waals surface area contributed by atoms with Crippen molar-refractivity contribution in [1.82, 2.24) is 9.97 Å². The van der Waals surface area contributed by atoms with Gasteiger partial charge in [0, 0.05) is 12.4 Å². The molecule has 0 N–H and O–H groups in total. The molecule has 0 aliphatic heterocycles. The summed E-state index contributed by atoms with van der Waals surface area (Å²) in [7, 11) is 0. The number of fused-ring (bicyclic) bond motifs is 3. The van der Waals surface area contributed by atoms with E-state index in [4.69, 9.17) is 0 Å². The van der Waals surface area contributed by atoms with Crippen LogP contribution in [0.4, 0.5) is 0 Å². The lowest BCUT2D eigenvalue weighted by atomic mass is 9.91. The summed E-state index contributed by atoms with van der Waals surface area (Å²) in [5.41, 5.74) is 5.06. The molecule has 0 spiro atoms. The summed E-state index contributed by atoms with van der Waals surface area (Å²) >= 11 is 0. The third-order valence-electron chi connectivity index (χ3n) is 2.97.